The monoisotopic (exact) mass is 494 g/mol. The van der Waals surface area contributed by atoms with Crippen molar-refractivity contribution in [1.82, 2.24) is 0 Å². The number of allylic oxidation sites excluding steroid dienone is 3. The largest absolute Gasteiger partial charge is 0.393 e. The molecule has 190 valence electrons. The number of aliphatic hydroxyl groups excluding tert-OH is 2. The molecule has 3 nitrogen and oxygen atoms in total. The Morgan fingerprint density at radius 3 is 2.69 bits per heavy atom. The van der Waals surface area contributed by atoms with E-state index in [0.717, 1.165) is 28.9 Å². The highest BCUT2D eigenvalue weighted by Gasteiger charge is 2.50. The fraction of sp³-hybridized carbons (Fsp3) is 0.548. The van der Waals surface area contributed by atoms with Crippen LogP contribution in [0.1, 0.15) is 65.2 Å². The highest BCUT2D eigenvalue weighted by Crippen LogP contribution is 2.59. The van der Waals surface area contributed by atoms with Gasteiger partial charge in [0.05, 0.1) is 12.2 Å². The summed E-state index contributed by atoms with van der Waals surface area (Å²) in [6.07, 6.45) is 11.1. The third-order valence-electron chi connectivity index (χ3n) is 9.21. The van der Waals surface area contributed by atoms with Crippen LogP contribution in [0.4, 0.5) is 0 Å². The zero-order valence-electron chi connectivity index (χ0n) is 21.4. The van der Waals surface area contributed by atoms with Crippen molar-refractivity contribution in [1.29, 1.82) is 0 Å². The van der Waals surface area contributed by atoms with Gasteiger partial charge in [-0.1, -0.05) is 61.4 Å². The number of hydrogen-bond donors (Lipinski definition) is 2. The van der Waals surface area contributed by atoms with Gasteiger partial charge in [0.2, 0.25) is 0 Å². The Balaban J connectivity index is 1.48. The summed E-state index contributed by atoms with van der Waals surface area (Å²) in [6, 6.07) is 9.70. The van der Waals surface area contributed by atoms with E-state index in [1.54, 1.807) is 0 Å². The van der Waals surface area contributed by atoms with Crippen LogP contribution in [0.15, 0.2) is 77.3 Å². The van der Waals surface area contributed by atoms with E-state index in [9.17, 15) is 14.4 Å². The Morgan fingerprint density at radius 2 is 1.97 bits per heavy atom. The minimum atomic E-state index is -2.35. The molecule has 7 atom stereocenters. The first-order valence-corrected chi connectivity index (χ1v) is 15.0. The minimum absolute atomic E-state index is 0.260. The van der Waals surface area contributed by atoms with E-state index in [-0.39, 0.29) is 5.41 Å². The molecule has 3 aliphatic carbocycles. The van der Waals surface area contributed by atoms with Crippen LogP contribution in [-0.2, 0) is 9.52 Å². The highest BCUT2D eigenvalue weighted by molar-refractivity contribution is 8.00. The number of benzene rings is 1. The van der Waals surface area contributed by atoms with Crippen molar-refractivity contribution in [3.63, 3.8) is 0 Å². The molecule has 4 rings (SSSR count). The Hall–Kier alpha value is -1.84. The first-order chi connectivity index (χ1) is 16.7. The van der Waals surface area contributed by atoms with E-state index < -0.39 is 21.7 Å². The summed E-state index contributed by atoms with van der Waals surface area (Å²) in [7, 11) is -2.35. The molecule has 2 N–H and O–H groups in total. The van der Waals surface area contributed by atoms with Crippen LogP contribution in [0.5, 0.6) is 0 Å². The molecular weight excluding hydrogens is 452 g/mol. The van der Waals surface area contributed by atoms with E-state index in [4.69, 9.17) is 0 Å². The van der Waals surface area contributed by atoms with Gasteiger partial charge in [0, 0.05) is 26.6 Å². The minimum Gasteiger partial charge on any atom is -0.393 e. The molecule has 0 aliphatic heterocycles. The molecule has 1 aromatic carbocycles. The first-order valence-electron chi connectivity index (χ1n) is 13.2. The molecular formula is C31H42O3S. The zero-order valence-corrected chi connectivity index (χ0v) is 22.2. The van der Waals surface area contributed by atoms with Gasteiger partial charge in [-0.25, -0.2) is 0 Å². The van der Waals surface area contributed by atoms with Gasteiger partial charge in [-0.15, -0.1) is 0 Å². The molecule has 1 aromatic rings. The second kappa shape index (κ2) is 10.6. The maximum absolute atomic E-state index is 13.6. The fourth-order valence-corrected chi connectivity index (χ4v) is 8.99. The topological polar surface area (TPSA) is 57.5 Å². The van der Waals surface area contributed by atoms with Crippen molar-refractivity contribution >= 4 is 14.5 Å². The average molecular weight is 495 g/mol. The summed E-state index contributed by atoms with van der Waals surface area (Å²) in [5, 5.41) is 23.2. The molecule has 0 heterocycles. The maximum atomic E-state index is 13.6. The van der Waals surface area contributed by atoms with Gasteiger partial charge in [0.25, 0.3) is 0 Å². The molecule has 0 radical (unpaired) electrons. The summed E-state index contributed by atoms with van der Waals surface area (Å²) in [6.45, 7) is 12.7. The molecule has 3 aliphatic rings. The van der Waals surface area contributed by atoms with Gasteiger partial charge in [0.15, 0.2) is 0 Å². The number of rotatable bonds is 6. The predicted molar refractivity (Wildman–Crippen MR) is 147 cm³/mol. The SMILES string of the molecule is C=C=S(=O)(CC[C@@H](C)[C@H]1CC[C@H]2/C(=C/C=C3/C[C@@H](O)C[C@H](O)C3=C)CCC[C@]12C)c1ccccc1. The lowest BCUT2D eigenvalue weighted by atomic mass is 9.61. The van der Waals surface area contributed by atoms with Gasteiger partial charge in [0.1, 0.15) is 0 Å². The first kappa shape index (κ1) is 26.2. The molecule has 0 bridgehead atoms. The lowest BCUT2D eigenvalue weighted by Crippen LogP contribution is -2.36. The maximum Gasteiger partial charge on any atom is 0.0811 e. The van der Waals surface area contributed by atoms with Crippen molar-refractivity contribution in [2.75, 3.05) is 5.75 Å². The third-order valence-corrected chi connectivity index (χ3v) is 11.5. The quantitative estimate of drug-likeness (QED) is 0.471. The van der Waals surface area contributed by atoms with E-state index >= 15 is 0 Å². The van der Waals surface area contributed by atoms with Gasteiger partial charge in [-0.2, -0.15) is 0 Å². The lowest BCUT2D eigenvalue weighted by Gasteiger charge is -2.44. The summed E-state index contributed by atoms with van der Waals surface area (Å²) in [5.41, 5.74) is 3.51. The Labute approximate surface area is 212 Å². The Kier molecular flexibility index (Phi) is 7.98. The van der Waals surface area contributed by atoms with Crippen LogP contribution in [0.2, 0.25) is 0 Å². The van der Waals surface area contributed by atoms with Gasteiger partial charge in [-0.3, -0.25) is 4.21 Å². The van der Waals surface area contributed by atoms with E-state index in [0.29, 0.717) is 36.3 Å². The zero-order chi connectivity index (χ0) is 25.2. The molecule has 1 unspecified atom stereocenters. The molecule has 0 saturated heterocycles. The fourth-order valence-electron chi connectivity index (χ4n) is 7.15. The molecule has 35 heavy (non-hydrogen) atoms. The van der Waals surface area contributed by atoms with Crippen molar-refractivity contribution in [3.05, 3.63) is 72.4 Å². The van der Waals surface area contributed by atoms with Crippen molar-refractivity contribution in [2.24, 2.45) is 23.2 Å². The Morgan fingerprint density at radius 1 is 1.23 bits per heavy atom. The van der Waals surface area contributed by atoms with Gasteiger partial charge >= 0.3 is 0 Å². The van der Waals surface area contributed by atoms with Crippen molar-refractivity contribution < 1.29 is 14.4 Å². The summed E-state index contributed by atoms with van der Waals surface area (Å²) >= 11 is 0. The highest BCUT2D eigenvalue weighted by atomic mass is 32.2. The predicted octanol–water partition coefficient (Wildman–Crippen LogP) is 6.08. The van der Waals surface area contributed by atoms with Gasteiger partial charge < -0.3 is 10.2 Å². The van der Waals surface area contributed by atoms with E-state index in [1.165, 1.54) is 31.3 Å². The van der Waals surface area contributed by atoms with E-state index in [2.05, 4.69) is 44.2 Å². The summed E-state index contributed by atoms with van der Waals surface area (Å²) in [4.78, 5) is 0.841. The second-order valence-electron chi connectivity index (χ2n) is 11.3. The van der Waals surface area contributed by atoms with Crippen molar-refractivity contribution in [3.8, 4) is 0 Å². The average Bonchev–Trinajstić information content (AvgIpc) is 3.21. The van der Waals surface area contributed by atoms with E-state index in [1.807, 2.05) is 30.3 Å². The number of aliphatic hydroxyl groups is 2. The van der Waals surface area contributed by atoms with Crippen LogP contribution < -0.4 is 0 Å². The third kappa shape index (κ3) is 5.32. The molecule has 3 saturated carbocycles. The van der Waals surface area contributed by atoms with Crippen LogP contribution in [0.25, 0.3) is 0 Å². The number of hydrogen-bond acceptors (Lipinski definition) is 3. The Bertz CT molecular complexity index is 1130. The second-order valence-corrected chi connectivity index (χ2v) is 13.8. The summed E-state index contributed by atoms with van der Waals surface area (Å²) in [5.74, 6) is 2.28. The van der Waals surface area contributed by atoms with Crippen LogP contribution in [-0.4, -0.2) is 37.4 Å². The molecule has 0 aromatic heterocycles. The van der Waals surface area contributed by atoms with Crippen LogP contribution >= 0.6 is 0 Å². The standard InChI is InChI=1S/C31H42O3S/c1-5-35(34,27-11-7-6-8-12-27)19-17-22(2)28-15-16-29-24(10-9-18-31(28,29)4)13-14-25-20-26(32)21-30(33)23(25)3/h6-8,11-14,22,26,28-30,32-33H,1,3,9-10,15-21H2,2,4H3/b24-13+,25-14-/t22-,26-,28-,29+,30+,31-,35?/m1/s1. The molecule has 0 spiro atoms. The molecule has 4 heteroatoms. The number of fused-ring (bicyclic) bond motifs is 1. The van der Waals surface area contributed by atoms with Crippen LogP contribution in [0, 0.1) is 23.2 Å². The summed E-state index contributed by atoms with van der Waals surface area (Å²) < 4.78 is 13.6. The lowest BCUT2D eigenvalue weighted by molar-refractivity contribution is 0.0861. The molecule has 3 fully saturated rings. The van der Waals surface area contributed by atoms with Gasteiger partial charge in [-0.05, 0) is 98.0 Å². The normalized spacial score (nSPS) is 35.9. The van der Waals surface area contributed by atoms with Crippen molar-refractivity contribution in [2.45, 2.75) is 82.3 Å². The molecule has 0 amide bonds. The smallest absolute Gasteiger partial charge is 0.0811 e. The van der Waals surface area contributed by atoms with Crippen LogP contribution in [0.3, 0.4) is 0 Å².